The normalized spacial score (nSPS) is 17.0. The van der Waals surface area contributed by atoms with Gasteiger partial charge < -0.3 is 10.4 Å². The van der Waals surface area contributed by atoms with Crippen LogP contribution in [0, 0.1) is 18.2 Å². The van der Waals surface area contributed by atoms with Crippen LogP contribution in [-0.2, 0) is 4.79 Å². The number of hydrogen-bond donors (Lipinski definition) is 2. The predicted molar refractivity (Wildman–Crippen MR) is 63.8 cm³/mol. The number of aromatic nitrogens is 2. The average molecular weight is 253 g/mol. The second-order valence-electron chi connectivity index (χ2n) is 4.90. The zero-order valence-electron chi connectivity index (χ0n) is 10.2. The van der Waals surface area contributed by atoms with Crippen molar-refractivity contribution in [1.29, 1.82) is 0 Å². The number of aryl methyl sites for hydroxylation is 1. The van der Waals surface area contributed by atoms with Crippen molar-refractivity contribution in [3.05, 3.63) is 17.8 Å². The van der Waals surface area contributed by atoms with Gasteiger partial charge in [-0.25, -0.2) is 14.4 Å². The SMILES string of the molecule is Cc1ncnc(NCC2(CC(=O)O)CCC2)c1F. The topological polar surface area (TPSA) is 75.1 Å². The highest BCUT2D eigenvalue weighted by Gasteiger charge is 2.39. The molecule has 0 atom stereocenters. The summed E-state index contributed by atoms with van der Waals surface area (Å²) in [4.78, 5) is 18.4. The van der Waals surface area contributed by atoms with Crippen molar-refractivity contribution in [2.24, 2.45) is 5.41 Å². The number of halogens is 1. The summed E-state index contributed by atoms with van der Waals surface area (Å²) in [6.07, 6.45) is 4.16. The van der Waals surface area contributed by atoms with Gasteiger partial charge in [-0.1, -0.05) is 6.42 Å². The van der Waals surface area contributed by atoms with Crippen molar-refractivity contribution in [2.75, 3.05) is 11.9 Å². The second-order valence-corrected chi connectivity index (χ2v) is 4.90. The van der Waals surface area contributed by atoms with Crippen molar-refractivity contribution < 1.29 is 14.3 Å². The molecular weight excluding hydrogens is 237 g/mol. The molecule has 5 nitrogen and oxygen atoms in total. The first-order chi connectivity index (χ1) is 8.52. The smallest absolute Gasteiger partial charge is 0.303 e. The van der Waals surface area contributed by atoms with E-state index in [0.29, 0.717) is 6.54 Å². The highest BCUT2D eigenvalue weighted by Crippen LogP contribution is 2.44. The van der Waals surface area contributed by atoms with Crippen LogP contribution < -0.4 is 5.32 Å². The summed E-state index contributed by atoms with van der Waals surface area (Å²) >= 11 is 0. The van der Waals surface area contributed by atoms with E-state index in [2.05, 4.69) is 15.3 Å². The van der Waals surface area contributed by atoms with Crippen LogP contribution in [-0.4, -0.2) is 27.6 Å². The maximum absolute atomic E-state index is 13.7. The van der Waals surface area contributed by atoms with Gasteiger partial charge in [-0.15, -0.1) is 0 Å². The number of aliphatic carboxylic acids is 1. The molecule has 2 rings (SSSR count). The van der Waals surface area contributed by atoms with Crippen molar-refractivity contribution in [3.8, 4) is 0 Å². The second kappa shape index (κ2) is 4.88. The summed E-state index contributed by atoms with van der Waals surface area (Å²) in [7, 11) is 0. The molecule has 0 unspecified atom stereocenters. The van der Waals surface area contributed by atoms with Gasteiger partial charge in [-0.2, -0.15) is 0 Å². The van der Waals surface area contributed by atoms with Crippen LogP contribution in [0.25, 0.3) is 0 Å². The van der Waals surface area contributed by atoms with Gasteiger partial charge in [0.15, 0.2) is 11.6 Å². The summed E-state index contributed by atoms with van der Waals surface area (Å²) in [5.74, 6) is -1.13. The molecule has 6 heteroatoms. The molecule has 1 aromatic heterocycles. The number of nitrogens with zero attached hydrogens (tertiary/aromatic N) is 2. The summed E-state index contributed by atoms with van der Waals surface area (Å²) in [6.45, 7) is 2.01. The minimum Gasteiger partial charge on any atom is -0.481 e. The van der Waals surface area contributed by atoms with Crippen LogP contribution in [0.5, 0.6) is 0 Å². The molecule has 1 fully saturated rings. The van der Waals surface area contributed by atoms with Gasteiger partial charge in [0, 0.05) is 6.54 Å². The molecule has 1 heterocycles. The summed E-state index contributed by atoms with van der Waals surface area (Å²) < 4.78 is 13.7. The van der Waals surface area contributed by atoms with Crippen LogP contribution >= 0.6 is 0 Å². The zero-order valence-corrected chi connectivity index (χ0v) is 10.2. The van der Waals surface area contributed by atoms with Gasteiger partial charge in [-0.05, 0) is 25.2 Å². The van der Waals surface area contributed by atoms with E-state index in [1.165, 1.54) is 6.33 Å². The molecule has 0 aliphatic heterocycles. The Balaban J connectivity index is 2.02. The fraction of sp³-hybridized carbons (Fsp3) is 0.583. The van der Waals surface area contributed by atoms with Gasteiger partial charge in [0.25, 0.3) is 0 Å². The lowest BCUT2D eigenvalue weighted by Gasteiger charge is -2.41. The van der Waals surface area contributed by atoms with E-state index in [1.807, 2.05) is 0 Å². The molecule has 1 aliphatic rings. The highest BCUT2D eigenvalue weighted by atomic mass is 19.1. The fourth-order valence-corrected chi connectivity index (χ4v) is 2.27. The number of anilines is 1. The first-order valence-corrected chi connectivity index (χ1v) is 5.95. The zero-order chi connectivity index (χ0) is 13.2. The lowest BCUT2D eigenvalue weighted by molar-refractivity contribution is -0.141. The van der Waals surface area contributed by atoms with E-state index in [9.17, 15) is 9.18 Å². The Morgan fingerprint density at radius 1 is 1.56 bits per heavy atom. The third-order valence-corrected chi connectivity index (χ3v) is 3.54. The number of carboxylic acid groups (broad SMARTS) is 1. The molecule has 0 aromatic carbocycles. The molecular formula is C12H16FN3O2. The Kier molecular flexibility index (Phi) is 3.45. The summed E-state index contributed by atoms with van der Waals surface area (Å²) in [5, 5.41) is 11.8. The minimum absolute atomic E-state index is 0.117. The molecule has 2 N–H and O–H groups in total. The summed E-state index contributed by atoms with van der Waals surface area (Å²) in [5.41, 5.74) is 0.0327. The van der Waals surface area contributed by atoms with Crippen molar-refractivity contribution in [2.45, 2.75) is 32.6 Å². The third-order valence-electron chi connectivity index (χ3n) is 3.54. The first kappa shape index (κ1) is 12.7. The minimum atomic E-state index is -0.809. The van der Waals surface area contributed by atoms with Gasteiger partial charge in [0.2, 0.25) is 0 Å². The highest BCUT2D eigenvalue weighted by molar-refractivity contribution is 5.68. The Labute approximate surface area is 104 Å². The number of carbonyl (C=O) groups is 1. The number of hydrogen-bond acceptors (Lipinski definition) is 4. The molecule has 0 bridgehead atoms. The van der Waals surface area contributed by atoms with E-state index < -0.39 is 11.8 Å². The molecule has 1 aromatic rings. The monoisotopic (exact) mass is 253 g/mol. The van der Waals surface area contributed by atoms with Crippen molar-refractivity contribution >= 4 is 11.8 Å². The first-order valence-electron chi connectivity index (χ1n) is 5.95. The van der Waals surface area contributed by atoms with Crippen molar-refractivity contribution in [3.63, 3.8) is 0 Å². The Morgan fingerprint density at radius 3 is 2.83 bits per heavy atom. The van der Waals surface area contributed by atoms with Crippen LogP contribution in [0.4, 0.5) is 10.2 Å². The lowest BCUT2D eigenvalue weighted by Crippen LogP contribution is -2.38. The molecule has 0 spiro atoms. The number of carboxylic acids is 1. The van der Waals surface area contributed by atoms with Gasteiger partial charge in [0.05, 0.1) is 12.1 Å². The van der Waals surface area contributed by atoms with E-state index in [1.54, 1.807) is 6.92 Å². The predicted octanol–water partition coefficient (Wildman–Crippen LogP) is 1.98. The number of nitrogens with one attached hydrogen (secondary N) is 1. The van der Waals surface area contributed by atoms with E-state index in [4.69, 9.17) is 5.11 Å². The molecule has 18 heavy (non-hydrogen) atoms. The van der Waals surface area contributed by atoms with Crippen molar-refractivity contribution in [1.82, 2.24) is 9.97 Å². The Hall–Kier alpha value is -1.72. The van der Waals surface area contributed by atoms with Gasteiger partial charge in [0.1, 0.15) is 6.33 Å². The van der Waals surface area contributed by atoms with E-state index in [-0.39, 0.29) is 23.3 Å². The maximum atomic E-state index is 13.7. The molecule has 98 valence electrons. The van der Waals surface area contributed by atoms with Crippen LogP contribution in [0.1, 0.15) is 31.4 Å². The molecule has 1 aliphatic carbocycles. The van der Waals surface area contributed by atoms with E-state index >= 15 is 0 Å². The fourth-order valence-electron chi connectivity index (χ4n) is 2.27. The Morgan fingerprint density at radius 2 is 2.28 bits per heavy atom. The van der Waals surface area contributed by atoms with Crippen LogP contribution in [0.15, 0.2) is 6.33 Å². The van der Waals surface area contributed by atoms with Gasteiger partial charge in [-0.3, -0.25) is 4.79 Å². The number of rotatable bonds is 5. The standard InChI is InChI=1S/C12H16FN3O2/c1-8-10(13)11(16-7-15-8)14-6-12(3-2-4-12)5-9(17)18/h7H,2-6H2,1H3,(H,17,18)(H,14,15,16). The summed E-state index contributed by atoms with van der Waals surface area (Å²) in [6, 6.07) is 0. The molecule has 0 radical (unpaired) electrons. The van der Waals surface area contributed by atoms with Gasteiger partial charge >= 0.3 is 5.97 Å². The molecule has 0 amide bonds. The van der Waals surface area contributed by atoms with Crippen LogP contribution in [0.2, 0.25) is 0 Å². The maximum Gasteiger partial charge on any atom is 0.303 e. The largest absolute Gasteiger partial charge is 0.481 e. The lowest BCUT2D eigenvalue weighted by atomic mass is 9.66. The third kappa shape index (κ3) is 2.57. The average Bonchev–Trinajstić information content (AvgIpc) is 2.26. The Bertz CT molecular complexity index is 461. The van der Waals surface area contributed by atoms with Crippen LogP contribution in [0.3, 0.4) is 0 Å². The molecule has 1 saturated carbocycles. The van der Waals surface area contributed by atoms with E-state index in [0.717, 1.165) is 19.3 Å². The molecule has 0 saturated heterocycles. The quantitative estimate of drug-likeness (QED) is 0.839.